The molecule has 3 N–H and O–H groups in total. The van der Waals surface area contributed by atoms with E-state index in [1.165, 1.54) is 0 Å². The van der Waals surface area contributed by atoms with Crippen molar-refractivity contribution in [3.63, 3.8) is 0 Å². The van der Waals surface area contributed by atoms with Gasteiger partial charge in [-0.1, -0.05) is 0 Å². The molecule has 12 heteroatoms. The van der Waals surface area contributed by atoms with Crippen LogP contribution >= 0.6 is 0 Å². The fourth-order valence-electron chi connectivity index (χ4n) is 2.94. The maximum Gasteiger partial charge on any atom is 0.411 e. The van der Waals surface area contributed by atoms with E-state index in [4.69, 9.17) is 10.5 Å². The minimum Gasteiger partial charge on any atom is -0.451 e. The average molecular weight is 432 g/mol. The fourth-order valence-corrected chi connectivity index (χ4v) is 2.94. The number of rotatable bonds is 4. The van der Waals surface area contributed by atoms with E-state index in [0.717, 1.165) is 36.5 Å². The topological polar surface area (TPSA) is 89.6 Å². The Hall–Kier alpha value is -3.31. The van der Waals surface area contributed by atoms with E-state index >= 15 is 0 Å². The lowest BCUT2D eigenvalue weighted by Gasteiger charge is -2.38. The number of amides is 1. The van der Waals surface area contributed by atoms with Gasteiger partial charge in [-0.3, -0.25) is 4.79 Å². The van der Waals surface area contributed by atoms with E-state index in [2.05, 4.69) is 15.3 Å². The highest BCUT2D eigenvalue weighted by atomic mass is 19.4. The Labute approximate surface area is 165 Å². The van der Waals surface area contributed by atoms with Crippen LogP contribution in [0.1, 0.15) is 22.5 Å². The average Bonchev–Trinajstić information content (AvgIpc) is 2.68. The quantitative estimate of drug-likeness (QED) is 0.725. The zero-order valence-electron chi connectivity index (χ0n) is 15.0. The number of nitrogens with one attached hydrogen (secondary N) is 1. The summed E-state index contributed by atoms with van der Waals surface area (Å²) in [6, 6.07) is 1.61. The second-order valence-corrected chi connectivity index (χ2v) is 6.47. The number of carbonyl (C=O) groups excluding carboxylic acids is 1. The molecule has 0 spiro atoms. The maximum absolute atomic E-state index is 14.5. The van der Waals surface area contributed by atoms with Crippen LogP contribution in [-0.2, 0) is 10.3 Å². The number of aromatic nitrogens is 1. The second-order valence-electron chi connectivity index (χ2n) is 6.47. The third-order valence-corrected chi connectivity index (χ3v) is 4.37. The Morgan fingerprint density at radius 3 is 2.60 bits per heavy atom. The molecule has 6 nitrogen and oxygen atoms in total. The van der Waals surface area contributed by atoms with E-state index in [9.17, 15) is 31.1 Å². The number of carbonyl (C=O) groups is 1. The first-order chi connectivity index (χ1) is 14.0. The van der Waals surface area contributed by atoms with Gasteiger partial charge in [0.2, 0.25) is 0 Å². The van der Waals surface area contributed by atoms with E-state index in [1.807, 2.05) is 0 Å². The Balaban J connectivity index is 1.94. The zero-order valence-corrected chi connectivity index (χ0v) is 15.0. The number of hydrogen-bond acceptors (Lipinski definition) is 5. The predicted molar refractivity (Wildman–Crippen MR) is 93.4 cm³/mol. The van der Waals surface area contributed by atoms with Gasteiger partial charge < -0.3 is 15.8 Å². The van der Waals surface area contributed by atoms with Crippen LogP contribution in [0.15, 0.2) is 41.5 Å². The molecule has 0 saturated heterocycles. The highest BCUT2D eigenvalue weighted by Crippen LogP contribution is 2.42. The van der Waals surface area contributed by atoms with Crippen LogP contribution in [0.25, 0.3) is 0 Å². The fraction of sp³-hybridized carbons (Fsp3) is 0.278. The van der Waals surface area contributed by atoms with E-state index < -0.39 is 60.0 Å². The molecular weight excluding hydrogens is 418 g/mol. The molecular formula is C18H14F6N4O2. The molecule has 1 aliphatic rings. The molecule has 2 atom stereocenters. The first kappa shape index (κ1) is 21.4. The summed E-state index contributed by atoms with van der Waals surface area (Å²) in [5, 5.41) is 2.33. The maximum atomic E-state index is 14.5. The number of aliphatic imine (C=N–C) groups is 1. The molecule has 1 aromatic carbocycles. The van der Waals surface area contributed by atoms with Gasteiger partial charge in [0.15, 0.2) is 11.6 Å². The third-order valence-electron chi connectivity index (χ3n) is 4.37. The van der Waals surface area contributed by atoms with Crippen molar-refractivity contribution < 1.29 is 35.9 Å². The molecule has 0 aliphatic carbocycles. The normalized spacial score (nSPS) is 21.5. The summed E-state index contributed by atoms with van der Waals surface area (Å²) < 4.78 is 85.8. The van der Waals surface area contributed by atoms with Gasteiger partial charge in [0.05, 0.1) is 6.20 Å². The molecule has 30 heavy (non-hydrogen) atoms. The van der Waals surface area contributed by atoms with Crippen LogP contribution in [0.5, 0.6) is 0 Å². The minimum absolute atomic E-state index is 0.0800. The second kappa shape index (κ2) is 7.84. The van der Waals surface area contributed by atoms with Gasteiger partial charge in [-0.25, -0.2) is 23.1 Å². The van der Waals surface area contributed by atoms with Crippen molar-refractivity contribution in [1.82, 2.24) is 4.98 Å². The van der Waals surface area contributed by atoms with Crippen LogP contribution in [0.3, 0.4) is 0 Å². The molecule has 0 fully saturated rings. The SMILES string of the molecule is NC1=N[C@H](C(F)(F)F)C[C@@](CF)(c2cc(NC(=O)c3ccc(F)cn3)ccc2F)O1. The van der Waals surface area contributed by atoms with Crippen molar-refractivity contribution in [2.75, 3.05) is 12.0 Å². The van der Waals surface area contributed by atoms with E-state index in [1.54, 1.807) is 0 Å². The summed E-state index contributed by atoms with van der Waals surface area (Å²) in [4.78, 5) is 18.9. The summed E-state index contributed by atoms with van der Waals surface area (Å²) in [6.07, 6.45) is -5.11. The molecule has 0 saturated carbocycles. The van der Waals surface area contributed by atoms with Gasteiger partial charge in [0, 0.05) is 17.7 Å². The number of ether oxygens (including phenoxy) is 1. The van der Waals surface area contributed by atoms with Crippen molar-refractivity contribution in [3.05, 3.63) is 59.4 Å². The molecule has 0 bridgehead atoms. The number of pyridine rings is 1. The number of nitrogens with two attached hydrogens (primary N) is 1. The van der Waals surface area contributed by atoms with Crippen LogP contribution in [0.2, 0.25) is 0 Å². The van der Waals surface area contributed by atoms with E-state index in [0.29, 0.717) is 0 Å². The monoisotopic (exact) mass is 432 g/mol. The Morgan fingerprint density at radius 2 is 2.00 bits per heavy atom. The first-order valence-corrected chi connectivity index (χ1v) is 8.42. The van der Waals surface area contributed by atoms with Gasteiger partial charge in [0.1, 0.15) is 24.0 Å². The van der Waals surface area contributed by atoms with Crippen molar-refractivity contribution in [1.29, 1.82) is 0 Å². The van der Waals surface area contributed by atoms with E-state index in [-0.39, 0.29) is 11.4 Å². The molecule has 0 radical (unpaired) electrons. The molecule has 160 valence electrons. The minimum atomic E-state index is -4.86. The highest BCUT2D eigenvalue weighted by Gasteiger charge is 2.52. The summed E-state index contributed by atoms with van der Waals surface area (Å²) in [5.41, 5.74) is 2.06. The third kappa shape index (κ3) is 4.31. The molecule has 1 amide bonds. The number of halogens is 6. The lowest BCUT2D eigenvalue weighted by atomic mass is 9.86. The number of alkyl halides is 4. The molecule has 1 aliphatic heterocycles. The van der Waals surface area contributed by atoms with Gasteiger partial charge in [-0.2, -0.15) is 13.2 Å². The van der Waals surface area contributed by atoms with Gasteiger partial charge in [-0.15, -0.1) is 0 Å². The lowest BCUT2D eigenvalue weighted by molar-refractivity contribution is -0.167. The van der Waals surface area contributed by atoms with Crippen LogP contribution in [-0.4, -0.2) is 35.8 Å². The summed E-state index contributed by atoms with van der Waals surface area (Å²) in [7, 11) is 0. The number of amidine groups is 1. The van der Waals surface area contributed by atoms with Gasteiger partial charge in [0.25, 0.3) is 11.9 Å². The number of anilines is 1. The van der Waals surface area contributed by atoms with Crippen LogP contribution < -0.4 is 11.1 Å². The number of benzene rings is 1. The molecule has 3 rings (SSSR count). The Bertz CT molecular complexity index is 980. The van der Waals surface area contributed by atoms with Crippen molar-refractivity contribution >= 4 is 17.6 Å². The zero-order chi connectivity index (χ0) is 22.1. The molecule has 2 heterocycles. The summed E-state index contributed by atoms with van der Waals surface area (Å²) in [6.45, 7) is -1.54. The number of hydrogen-bond donors (Lipinski definition) is 2. The first-order valence-electron chi connectivity index (χ1n) is 8.42. The molecule has 1 aromatic heterocycles. The van der Waals surface area contributed by atoms with Crippen molar-refractivity contribution in [2.45, 2.75) is 24.2 Å². The van der Waals surface area contributed by atoms with Crippen molar-refractivity contribution in [3.8, 4) is 0 Å². The largest absolute Gasteiger partial charge is 0.451 e. The Morgan fingerprint density at radius 1 is 1.27 bits per heavy atom. The van der Waals surface area contributed by atoms with Gasteiger partial charge >= 0.3 is 6.18 Å². The summed E-state index contributed by atoms with van der Waals surface area (Å²) >= 11 is 0. The molecule has 2 aromatic rings. The summed E-state index contributed by atoms with van der Waals surface area (Å²) in [5.74, 6) is -2.55. The van der Waals surface area contributed by atoms with Crippen LogP contribution in [0, 0.1) is 11.6 Å². The number of nitrogens with zero attached hydrogens (tertiary/aromatic N) is 2. The smallest absolute Gasteiger partial charge is 0.411 e. The predicted octanol–water partition coefficient (Wildman–Crippen LogP) is 3.44. The lowest BCUT2D eigenvalue weighted by Crippen LogP contribution is -2.48. The molecule has 0 unspecified atom stereocenters. The van der Waals surface area contributed by atoms with Gasteiger partial charge in [-0.05, 0) is 30.3 Å². The highest BCUT2D eigenvalue weighted by molar-refractivity contribution is 6.02. The standard InChI is InChI=1S/C18H14F6N4O2/c19-8-17(6-14(18(22,23)24)28-16(25)30-17)11-5-10(2-3-12(11)21)27-15(29)13-4-1-9(20)7-26-13/h1-5,7,14H,6,8H2,(H2,25,28)(H,27,29)/t14-,17+/m0/s1. The van der Waals surface area contributed by atoms with Crippen molar-refractivity contribution in [2.24, 2.45) is 10.7 Å². The Kier molecular flexibility index (Phi) is 5.59. The van der Waals surface area contributed by atoms with Crippen LogP contribution in [0.4, 0.5) is 32.0 Å².